The fourth-order valence-electron chi connectivity index (χ4n) is 3.49. The van der Waals surface area contributed by atoms with Gasteiger partial charge < -0.3 is 20.3 Å². The molecule has 2 saturated heterocycles. The molecule has 170 valence electrons. The zero-order valence-electron chi connectivity index (χ0n) is 17.0. The highest BCUT2D eigenvalue weighted by atomic mass is 127. The van der Waals surface area contributed by atoms with E-state index >= 15 is 0 Å². The minimum absolute atomic E-state index is 0. The van der Waals surface area contributed by atoms with Crippen LogP contribution >= 0.6 is 35.6 Å². The Kier molecular flexibility index (Phi) is 10.4. The van der Waals surface area contributed by atoms with Gasteiger partial charge in [-0.2, -0.15) is 0 Å². The van der Waals surface area contributed by atoms with Gasteiger partial charge in [-0.05, 0) is 43.5 Å². The highest BCUT2D eigenvalue weighted by Gasteiger charge is 2.20. The number of ether oxygens (including phenoxy) is 1. The van der Waals surface area contributed by atoms with Crippen LogP contribution in [0.3, 0.4) is 0 Å². The summed E-state index contributed by atoms with van der Waals surface area (Å²) in [5.41, 5.74) is 7.21. The summed E-state index contributed by atoms with van der Waals surface area (Å²) in [4.78, 5) is 8.53. The third-order valence-electron chi connectivity index (χ3n) is 5.23. The first-order valence-corrected chi connectivity index (χ1v) is 12.1. The van der Waals surface area contributed by atoms with E-state index in [2.05, 4.69) is 14.6 Å². The van der Waals surface area contributed by atoms with Gasteiger partial charge in [0, 0.05) is 50.0 Å². The van der Waals surface area contributed by atoms with Crippen molar-refractivity contribution in [1.29, 1.82) is 0 Å². The quantitative estimate of drug-likeness (QED) is 0.295. The molecule has 2 fully saturated rings. The SMILES string of the molecule is I.NC(=NCCS(=O)(=O)NCC1CCCCO1)N1CCN(c2ccc(Cl)cc2)CC1. The molecule has 0 spiro atoms. The molecule has 0 amide bonds. The van der Waals surface area contributed by atoms with Crippen LogP contribution in [0.2, 0.25) is 5.02 Å². The molecule has 0 aromatic heterocycles. The van der Waals surface area contributed by atoms with E-state index in [9.17, 15) is 8.42 Å². The Morgan fingerprint density at radius 3 is 2.53 bits per heavy atom. The van der Waals surface area contributed by atoms with Gasteiger partial charge in [-0.15, -0.1) is 24.0 Å². The molecule has 1 atom stereocenters. The van der Waals surface area contributed by atoms with Crippen LogP contribution in [0.15, 0.2) is 29.3 Å². The van der Waals surface area contributed by atoms with Crippen molar-refractivity contribution >= 4 is 57.2 Å². The van der Waals surface area contributed by atoms with Gasteiger partial charge in [0.25, 0.3) is 0 Å². The van der Waals surface area contributed by atoms with Gasteiger partial charge in [-0.25, -0.2) is 13.1 Å². The molecular formula is C19H31ClIN5O3S. The van der Waals surface area contributed by atoms with Crippen molar-refractivity contribution in [2.24, 2.45) is 10.7 Å². The Morgan fingerprint density at radius 1 is 1.20 bits per heavy atom. The summed E-state index contributed by atoms with van der Waals surface area (Å²) < 4.78 is 32.5. The zero-order chi connectivity index (χ0) is 20.7. The molecule has 0 saturated carbocycles. The summed E-state index contributed by atoms with van der Waals surface area (Å²) in [7, 11) is -3.39. The van der Waals surface area contributed by atoms with E-state index < -0.39 is 10.0 Å². The number of guanidine groups is 1. The van der Waals surface area contributed by atoms with Crippen LogP contribution in [-0.2, 0) is 14.8 Å². The molecule has 3 rings (SSSR count). The van der Waals surface area contributed by atoms with Gasteiger partial charge in [-0.3, -0.25) is 4.99 Å². The summed E-state index contributed by atoms with van der Waals surface area (Å²) in [6, 6.07) is 7.78. The van der Waals surface area contributed by atoms with E-state index in [4.69, 9.17) is 22.1 Å². The van der Waals surface area contributed by atoms with Crippen LogP contribution in [0.5, 0.6) is 0 Å². The maximum atomic E-state index is 12.1. The molecular weight excluding hydrogens is 541 g/mol. The minimum Gasteiger partial charge on any atom is -0.377 e. The second-order valence-corrected chi connectivity index (χ2v) is 9.71. The van der Waals surface area contributed by atoms with Crippen molar-refractivity contribution in [2.45, 2.75) is 25.4 Å². The average Bonchev–Trinajstić information content (AvgIpc) is 2.74. The van der Waals surface area contributed by atoms with Gasteiger partial charge >= 0.3 is 0 Å². The lowest BCUT2D eigenvalue weighted by molar-refractivity contribution is 0.0200. The molecule has 1 aromatic carbocycles. The average molecular weight is 572 g/mol. The Balaban J connectivity index is 0.00000320. The summed E-state index contributed by atoms with van der Waals surface area (Å²) >= 11 is 5.94. The standard InChI is InChI=1S/C19H30ClN5O3S.HI/c20-16-4-6-17(7-5-16)24-9-11-25(12-10-24)19(21)22-8-14-29(26,27)23-15-18-3-1-2-13-28-18;/h4-7,18,23H,1-3,8-15H2,(H2,21,22);1H. The highest BCUT2D eigenvalue weighted by Crippen LogP contribution is 2.19. The first kappa shape index (κ1) is 25.4. The number of rotatable bonds is 7. The maximum Gasteiger partial charge on any atom is 0.213 e. The molecule has 1 aromatic rings. The van der Waals surface area contributed by atoms with E-state index in [1.54, 1.807) is 0 Å². The number of hydrogen-bond donors (Lipinski definition) is 2. The number of piperazine rings is 1. The minimum atomic E-state index is -3.39. The normalized spacial score (nSPS) is 20.7. The first-order chi connectivity index (χ1) is 13.9. The number of sulfonamides is 1. The molecule has 11 heteroatoms. The molecule has 2 aliphatic rings. The third-order valence-corrected chi connectivity index (χ3v) is 6.81. The molecule has 0 bridgehead atoms. The second-order valence-electron chi connectivity index (χ2n) is 7.35. The summed E-state index contributed by atoms with van der Waals surface area (Å²) in [6.07, 6.45) is 3.00. The molecule has 2 aliphatic heterocycles. The predicted molar refractivity (Wildman–Crippen MR) is 133 cm³/mol. The largest absolute Gasteiger partial charge is 0.377 e. The highest BCUT2D eigenvalue weighted by molar-refractivity contribution is 14.0. The van der Waals surface area contributed by atoms with Crippen LogP contribution in [0, 0.1) is 0 Å². The van der Waals surface area contributed by atoms with E-state index in [1.807, 2.05) is 29.2 Å². The molecule has 1 unspecified atom stereocenters. The van der Waals surface area contributed by atoms with Crippen LogP contribution in [0.4, 0.5) is 5.69 Å². The number of nitrogens with two attached hydrogens (primary N) is 1. The number of nitrogens with zero attached hydrogens (tertiary/aromatic N) is 3. The summed E-state index contributed by atoms with van der Waals surface area (Å²) in [5, 5.41) is 0.722. The predicted octanol–water partition coefficient (Wildman–Crippen LogP) is 1.88. The fourth-order valence-corrected chi connectivity index (χ4v) is 4.53. The number of hydrogen-bond acceptors (Lipinski definition) is 5. The smallest absolute Gasteiger partial charge is 0.213 e. The zero-order valence-corrected chi connectivity index (χ0v) is 20.9. The first-order valence-electron chi connectivity index (χ1n) is 10.1. The number of halogens is 2. The van der Waals surface area contributed by atoms with E-state index in [0.29, 0.717) is 19.1 Å². The topological polar surface area (TPSA) is 100 Å². The van der Waals surface area contributed by atoms with Crippen molar-refractivity contribution in [3.63, 3.8) is 0 Å². The number of anilines is 1. The van der Waals surface area contributed by atoms with Gasteiger partial charge in [0.15, 0.2) is 5.96 Å². The van der Waals surface area contributed by atoms with Crippen molar-refractivity contribution in [2.75, 3.05) is 56.5 Å². The molecule has 0 radical (unpaired) electrons. The van der Waals surface area contributed by atoms with Crippen LogP contribution < -0.4 is 15.4 Å². The fraction of sp³-hybridized carbons (Fsp3) is 0.632. The lowest BCUT2D eigenvalue weighted by Gasteiger charge is -2.36. The maximum absolute atomic E-state index is 12.1. The van der Waals surface area contributed by atoms with E-state index in [1.165, 1.54) is 0 Å². The van der Waals surface area contributed by atoms with Crippen molar-refractivity contribution in [3.8, 4) is 0 Å². The van der Waals surface area contributed by atoms with Crippen LogP contribution in [-0.4, -0.2) is 77.0 Å². The Morgan fingerprint density at radius 2 is 1.90 bits per heavy atom. The number of aliphatic imine (C=N–C) groups is 1. The molecule has 3 N–H and O–H groups in total. The van der Waals surface area contributed by atoms with Crippen LogP contribution in [0.1, 0.15) is 19.3 Å². The monoisotopic (exact) mass is 571 g/mol. The van der Waals surface area contributed by atoms with Crippen molar-refractivity contribution in [1.82, 2.24) is 9.62 Å². The van der Waals surface area contributed by atoms with E-state index in [0.717, 1.165) is 56.2 Å². The molecule has 30 heavy (non-hydrogen) atoms. The number of nitrogens with one attached hydrogen (secondary N) is 1. The van der Waals surface area contributed by atoms with Gasteiger partial charge in [0.2, 0.25) is 10.0 Å². The Bertz CT molecular complexity index is 780. The molecule has 0 aliphatic carbocycles. The summed E-state index contributed by atoms with van der Waals surface area (Å²) in [5.74, 6) is 0.317. The lowest BCUT2D eigenvalue weighted by Crippen LogP contribution is -2.51. The second kappa shape index (κ2) is 12.3. The van der Waals surface area contributed by atoms with Gasteiger partial charge in [0.05, 0.1) is 18.4 Å². The van der Waals surface area contributed by atoms with Crippen molar-refractivity contribution < 1.29 is 13.2 Å². The Labute approximate surface area is 201 Å². The Hall–Kier alpha value is -0.820. The van der Waals surface area contributed by atoms with E-state index in [-0.39, 0.29) is 42.4 Å². The lowest BCUT2D eigenvalue weighted by atomic mass is 10.1. The van der Waals surface area contributed by atoms with Gasteiger partial charge in [0.1, 0.15) is 0 Å². The number of benzene rings is 1. The van der Waals surface area contributed by atoms with Crippen molar-refractivity contribution in [3.05, 3.63) is 29.3 Å². The molecule has 8 nitrogen and oxygen atoms in total. The van der Waals surface area contributed by atoms with Crippen LogP contribution in [0.25, 0.3) is 0 Å². The third kappa shape index (κ3) is 8.03. The summed E-state index contributed by atoms with van der Waals surface area (Å²) in [6.45, 7) is 4.29. The molecule has 2 heterocycles. The van der Waals surface area contributed by atoms with Gasteiger partial charge in [-0.1, -0.05) is 11.6 Å².